The molecule has 1 aliphatic heterocycles. The highest BCUT2D eigenvalue weighted by atomic mass is 35.5. The van der Waals surface area contributed by atoms with Gasteiger partial charge in [0.2, 0.25) is 5.91 Å². The predicted molar refractivity (Wildman–Crippen MR) is 111 cm³/mol. The summed E-state index contributed by atoms with van der Waals surface area (Å²) >= 11 is 12.1. The molecule has 0 unspecified atom stereocenters. The van der Waals surface area contributed by atoms with Crippen molar-refractivity contribution >= 4 is 52.4 Å². The average Bonchev–Trinajstić information content (AvgIpc) is 2.87. The molecule has 30 heavy (non-hydrogen) atoms. The number of benzene rings is 2. The van der Waals surface area contributed by atoms with Gasteiger partial charge in [-0.25, -0.2) is 4.79 Å². The number of amides is 4. The van der Waals surface area contributed by atoms with Gasteiger partial charge in [-0.15, -0.1) is 0 Å². The van der Waals surface area contributed by atoms with Crippen molar-refractivity contribution in [3.05, 3.63) is 67.7 Å². The lowest BCUT2D eigenvalue weighted by molar-refractivity contribution is -0.385. The van der Waals surface area contributed by atoms with Gasteiger partial charge in [0, 0.05) is 21.7 Å². The molecule has 1 heterocycles. The zero-order chi connectivity index (χ0) is 22.2. The second kappa shape index (κ2) is 7.92. The molecule has 1 fully saturated rings. The smallest absolute Gasteiger partial charge is 0.324 e. The minimum Gasteiger partial charge on any atom is -0.324 e. The maximum atomic E-state index is 13.0. The van der Waals surface area contributed by atoms with E-state index in [1.807, 2.05) is 0 Å². The monoisotopic (exact) mass is 450 g/mol. The Balaban J connectivity index is 1.80. The molecular formula is C19H16Cl2N4O5. The van der Waals surface area contributed by atoms with Gasteiger partial charge in [-0.1, -0.05) is 35.3 Å². The minimum absolute atomic E-state index is 0.159. The third-order valence-corrected chi connectivity index (χ3v) is 5.37. The van der Waals surface area contributed by atoms with Crippen LogP contribution in [0.4, 0.5) is 16.2 Å². The molecule has 2 aromatic rings. The van der Waals surface area contributed by atoms with Crippen molar-refractivity contribution in [2.75, 3.05) is 11.9 Å². The predicted octanol–water partition coefficient (Wildman–Crippen LogP) is 3.62. The Labute approximate surface area is 181 Å². The summed E-state index contributed by atoms with van der Waals surface area (Å²) in [5.41, 5.74) is -0.826. The molecule has 0 spiro atoms. The van der Waals surface area contributed by atoms with Crippen LogP contribution >= 0.6 is 23.2 Å². The van der Waals surface area contributed by atoms with E-state index in [2.05, 4.69) is 10.6 Å². The number of nitro groups is 1. The first kappa shape index (κ1) is 21.5. The van der Waals surface area contributed by atoms with E-state index in [0.717, 1.165) is 4.90 Å². The molecule has 1 atom stereocenters. The van der Waals surface area contributed by atoms with Gasteiger partial charge in [-0.2, -0.15) is 0 Å². The summed E-state index contributed by atoms with van der Waals surface area (Å²) in [6.45, 7) is 2.39. The number of nitrogens with zero attached hydrogens (tertiary/aromatic N) is 2. The van der Waals surface area contributed by atoms with Crippen LogP contribution in [-0.4, -0.2) is 34.2 Å². The van der Waals surface area contributed by atoms with Crippen LogP contribution in [0.15, 0.2) is 36.4 Å². The summed E-state index contributed by atoms with van der Waals surface area (Å²) in [5.74, 6) is -1.35. The summed E-state index contributed by atoms with van der Waals surface area (Å²) in [4.78, 5) is 49.1. The van der Waals surface area contributed by atoms with Gasteiger partial charge in [0.1, 0.15) is 12.1 Å². The molecule has 2 N–H and O–H groups in total. The maximum Gasteiger partial charge on any atom is 0.325 e. The first-order valence-corrected chi connectivity index (χ1v) is 9.43. The topological polar surface area (TPSA) is 122 Å². The highest BCUT2D eigenvalue weighted by Crippen LogP contribution is 2.35. The van der Waals surface area contributed by atoms with Crippen LogP contribution in [0.2, 0.25) is 10.0 Å². The number of rotatable bonds is 5. The molecule has 4 amide bonds. The number of imide groups is 1. The van der Waals surface area contributed by atoms with Crippen molar-refractivity contribution in [3.8, 4) is 0 Å². The lowest BCUT2D eigenvalue weighted by Gasteiger charge is -2.23. The summed E-state index contributed by atoms with van der Waals surface area (Å²) in [5, 5.41) is 16.7. The van der Waals surface area contributed by atoms with Crippen molar-refractivity contribution in [2.45, 2.75) is 19.4 Å². The molecule has 1 saturated heterocycles. The SMILES string of the molecule is Cc1c(NC(=O)CN2C(=O)N[C@](C)(c3ccc(Cl)cc3Cl)C2=O)cccc1[N+](=O)[O-]. The number of halogens is 2. The van der Waals surface area contributed by atoms with Gasteiger partial charge in [0.25, 0.3) is 11.6 Å². The molecule has 9 nitrogen and oxygen atoms in total. The number of carbonyl (C=O) groups excluding carboxylic acids is 3. The van der Waals surface area contributed by atoms with E-state index in [0.29, 0.717) is 10.6 Å². The number of nitro benzene ring substituents is 1. The minimum atomic E-state index is -1.47. The van der Waals surface area contributed by atoms with Gasteiger partial charge < -0.3 is 10.6 Å². The quantitative estimate of drug-likeness (QED) is 0.409. The second-order valence-corrected chi connectivity index (χ2v) is 7.67. The fourth-order valence-electron chi connectivity index (χ4n) is 3.21. The Morgan fingerprint density at radius 3 is 2.60 bits per heavy atom. The van der Waals surface area contributed by atoms with Crippen LogP contribution in [0.3, 0.4) is 0 Å². The molecule has 2 aromatic carbocycles. The number of hydrogen-bond acceptors (Lipinski definition) is 5. The van der Waals surface area contributed by atoms with Crippen molar-refractivity contribution in [1.29, 1.82) is 0 Å². The highest BCUT2D eigenvalue weighted by Gasteiger charge is 2.50. The van der Waals surface area contributed by atoms with E-state index in [1.165, 1.54) is 50.2 Å². The Bertz CT molecular complexity index is 1090. The van der Waals surface area contributed by atoms with Crippen molar-refractivity contribution in [1.82, 2.24) is 10.2 Å². The summed E-state index contributed by atoms with van der Waals surface area (Å²) in [6.07, 6.45) is 0. The lowest BCUT2D eigenvalue weighted by atomic mass is 9.92. The lowest BCUT2D eigenvalue weighted by Crippen LogP contribution is -2.42. The van der Waals surface area contributed by atoms with Gasteiger partial charge in [0.15, 0.2) is 0 Å². The molecule has 3 rings (SSSR count). The van der Waals surface area contributed by atoms with Crippen LogP contribution in [0.5, 0.6) is 0 Å². The van der Waals surface area contributed by atoms with Crippen LogP contribution in [-0.2, 0) is 15.1 Å². The number of nitrogens with one attached hydrogen (secondary N) is 2. The zero-order valence-corrected chi connectivity index (χ0v) is 17.4. The Hall–Kier alpha value is -3.17. The molecule has 0 aromatic heterocycles. The number of hydrogen-bond donors (Lipinski definition) is 2. The van der Waals surface area contributed by atoms with E-state index >= 15 is 0 Å². The molecule has 11 heteroatoms. The van der Waals surface area contributed by atoms with E-state index in [-0.39, 0.29) is 22.0 Å². The normalized spacial score (nSPS) is 18.3. The second-order valence-electron chi connectivity index (χ2n) is 6.83. The standard InChI is InChI=1S/C19H16Cl2N4O5/c1-10-14(4-3-5-15(10)25(29)30)22-16(26)9-24-17(27)19(2,23-18(24)28)12-7-6-11(20)8-13(12)21/h3-8H,9H2,1-2H3,(H,22,26)(H,23,28)/t19-/m1/s1. The summed E-state index contributed by atoms with van der Waals surface area (Å²) in [6, 6.07) is 7.97. The van der Waals surface area contributed by atoms with Crippen LogP contribution in [0.1, 0.15) is 18.1 Å². The Kier molecular flexibility index (Phi) is 5.69. The number of carbonyl (C=O) groups is 3. The van der Waals surface area contributed by atoms with E-state index in [1.54, 1.807) is 0 Å². The maximum absolute atomic E-state index is 13.0. The third-order valence-electron chi connectivity index (χ3n) is 4.82. The molecule has 1 aliphatic rings. The van der Waals surface area contributed by atoms with Crippen LogP contribution in [0, 0.1) is 17.0 Å². The summed E-state index contributed by atoms with van der Waals surface area (Å²) < 4.78 is 0. The average molecular weight is 451 g/mol. The third kappa shape index (κ3) is 3.81. The summed E-state index contributed by atoms with van der Waals surface area (Å²) in [7, 11) is 0. The zero-order valence-electron chi connectivity index (χ0n) is 15.9. The molecule has 156 valence electrons. The number of urea groups is 1. The fraction of sp³-hybridized carbons (Fsp3) is 0.211. The van der Waals surface area contributed by atoms with E-state index in [9.17, 15) is 24.5 Å². The molecule has 0 radical (unpaired) electrons. The molecule has 0 aliphatic carbocycles. The Morgan fingerprint density at radius 1 is 1.27 bits per heavy atom. The Morgan fingerprint density at radius 2 is 1.97 bits per heavy atom. The fourth-order valence-corrected chi connectivity index (χ4v) is 3.81. The van der Waals surface area contributed by atoms with Crippen LogP contribution in [0.25, 0.3) is 0 Å². The molecule has 0 saturated carbocycles. The molecular weight excluding hydrogens is 435 g/mol. The molecule has 0 bridgehead atoms. The van der Waals surface area contributed by atoms with Crippen molar-refractivity contribution in [3.63, 3.8) is 0 Å². The van der Waals surface area contributed by atoms with Crippen LogP contribution < -0.4 is 10.6 Å². The van der Waals surface area contributed by atoms with E-state index < -0.39 is 34.9 Å². The first-order chi connectivity index (χ1) is 14.0. The van der Waals surface area contributed by atoms with Gasteiger partial charge in [-0.05, 0) is 32.0 Å². The first-order valence-electron chi connectivity index (χ1n) is 8.68. The number of anilines is 1. The largest absolute Gasteiger partial charge is 0.325 e. The van der Waals surface area contributed by atoms with Crippen molar-refractivity contribution < 1.29 is 19.3 Å². The van der Waals surface area contributed by atoms with E-state index in [4.69, 9.17) is 23.2 Å². The van der Waals surface area contributed by atoms with Gasteiger partial charge >= 0.3 is 6.03 Å². The van der Waals surface area contributed by atoms with Crippen molar-refractivity contribution in [2.24, 2.45) is 0 Å². The highest BCUT2D eigenvalue weighted by molar-refractivity contribution is 6.35. The van der Waals surface area contributed by atoms with Gasteiger partial charge in [-0.3, -0.25) is 24.6 Å². The van der Waals surface area contributed by atoms with Gasteiger partial charge in [0.05, 0.1) is 16.2 Å².